The zero-order chi connectivity index (χ0) is 12.8. The quantitative estimate of drug-likeness (QED) is 0.775. The molecule has 0 bridgehead atoms. The van der Waals surface area contributed by atoms with Crippen molar-refractivity contribution in [3.05, 3.63) is 23.7 Å². The Morgan fingerprint density at radius 2 is 2.12 bits per heavy atom. The van der Waals surface area contributed by atoms with Crippen LogP contribution in [0.1, 0.15) is 36.8 Å². The maximum absolute atomic E-state index is 11.3. The Bertz CT molecular complexity index is 595. The van der Waals surface area contributed by atoms with Gasteiger partial charge >= 0.3 is 5.97 Å². The number of nitrogens with two attached hydrogens (primary N) is 1. The molecule has 3 N–H and O–H groups in total. The molecule has 2 aromatic heterocycles. The highest BCUT2D eigenvalue weighted by atomic mass is 16.4. The van der Waals surface area contributed by atoms with Crippen LogP contribution in [0.5, 0.6) is 0 Å². The summed E-state index contributed by atoms with van der Waals surface area (Å²) in [5.41, 5.74) is 6.63. The largest absolute Gasteiger partial charge is 0.477 e. The number of anilines is 1. The molecule has 17 heavy (non-hydrogen) atoms. The topological polar surface area (TPSA) is 93.5 Å². The van der Waals surface area contributed by atoms with Gasteiger partial charge in [0, 0.05) is 5.41 Å². The first-order valence-electron chi connectivity index (χ1n) is 5.18. The zero-order valence-corrected chi connectivity index (χ0v) is 9.93. The normalized spacial score (nSPS) is 11.9. The molecule has 90 valence electrons. The Morgan fingerprint density at radius 1 is 1.47 bits per heavy atom. The Kier molecular flexibility index (Phi) is 2.30. The van der Waals surface area contributed by atoms with E-state index in [2.05, 4.69) is 10.1 Å². The molecule has 0 unspecified atom stereocenters. The molecule has 0 saturated heterocycles. The second-order valence-electron chi connectivity index (χ2n) is 4.93. The monoisotopic (exact) mass is 234 g/mol. The third kappa shape index (κ3) is 1.82. The van der Waals surface area contributed by atoms with E-state index in [1.54, 1.807) is 6.20 Å². The minimum Gasteiger partial charge on any atom is -0.477 e. The molecular weight excluding hydrogens is 220 g/mol. The summed E-state index contributed by atoms with van der Waals surface area (Å²) >= 11 is 0. The van der Waals surface area contributed by atoms with Gasteiger partial charge in [-0.2, -0.15) is 5.10 Å². The Hall–Kier alpha value is -2.11. The molecule has 6 heteroatoms. The third-order valence-electron chi connectivity index (χ3n) is 2.42. The van der Waals surface area contributed by atoms with Crippen LogP contribution in [0.4, 0.5) is 5.69 Å². The lowest BCUT2D eigenvalue weighted by molar-refractivity contribution is 0.0696. The van der Waals surface area contributed by atoms with E-state index in [0.29, 0.717) is 17.0 Å². The summed E-state index contributed by atoms with van der Waals surface area (Å²) in [5, 5.41) is 13.5. The number of nitrogen functional groups attached to an aromatic ring is 1. The van der Waals surface area contributed by atoms with Crippen LogP contribution in [0.3, 0.4) is 0 Å². The van der Waals surface area contributed by atoms with Crippen molar-refractivity contribution in [1.82, 2.24) is 14.6 Å². The second kappa shape index (κ2) is 3.44. The molecule has 0 aliphatic heterocycles. The van der Waals surface area contributed by atoms with Crippen LogP contribution >= 0.6 is 0 Å². The van der Waals surface area contributed by atoms with E-state index in [9.17, 15) is 9.90 Å². The second-order valence-corrected chi connectivity index (χ2v) is 4.93. The predicted octanol–water partition coefficient (Wildman–Crippen LogP) is 1.31. The number of hydrogen-bond donors (Lipinski definition) is 2. The van der Waals surface area contributed by atoms with Crippen LogP contribution in [-0.2, 0) is 5.41 Å². The summed E-state index contributed by atoms with van der Waals surface area (Å²) in [5.74, 6) is -1.03. The highest BCUT2D eigenvalue weighted by molar-refractivity contribution is 5.96. The summed E-state index contributed by atoms with van der Waals surface area (Å²) in [6.07, 6.45) is 2.99. The van der Waals surface area contributed by atoms with Gasteiger partial charge in [0.25, 0.3) is 0 Å². The number of aromatic carboxylic acids is 1. The van der Waals surface area contributed by atoms with Crippen LogP contribution < -0.4 is 5.73 Å². The van der Waals surface area contributed by atoms with Crippen molar-refractivity contribution in [2.45, 2.75) is 26.2 Å². The van der Waals surface area contributed by atoms with Gasteiger partial charge < -0.3 is 10.8 Å². The zero-order valence-electron chi connectivity index (χ0n) is 9.93. The summed E-state index contributed by atoms with van der Waals surface area (Å²) in [4.78, 5) is 15.3. The molecule has 0 radical (unpaired) electrons. The fraction of sp³-hybridized carbons (Fsp3) is 0.364. The summed E-state index contributed by atoms with van der Waals surface area (Å²) in [6, 6.07) is 0. The molecule has 0 fully saturated rings. The van der Waals surface area contributed by atoms with Gasteiger partial charge in [-0.3, -0.25) is 0 Å². The Morgan fingerprint density at radius 3 is 2.65 bits per heavy atom. The van der Waals surface area contributed by atoms with Gasteiger partial charge in [0.1, 0.15) is 5.56 Å². The molecule has 0 aliphatic carbocycles. The molecule has 6 nitrogen and oxygen atoms in total. The first-order valence-corrected chi connectivity index (χ1v) is 5.18. The van der Waals surface area contributed by atoms with E-state index in [4.69, 9.17) is 5.73 Å². The fourth-order valence-electron chi connectivity index (χ4n) is 1.67. The first-order chi connectivity index (χ1) is 7.80. The number of fused-ring (bicyclic) bond motifs is 1. The Labute approximate surface area is 98.1 Å². The van der Waals surface area contributed by atoms with Gasteiger partial charge in [0.15, 0.2) is 5.65 Å². The minimum absolute atomic E-state index is 0.137. The number of rotatable bonds is 1. The summed E-state index contributed by atoms with van der Waals surface area (Å²) < 4.78 is 1.42. The maximum atomic E-state index is 11.3. The standard InChI is InChI=1S/C11H14N4O2/c1-11(2,3)8-7(10(16)17)9-13-4-6(12)5-15(9)14-8/h4-5H,12H2,1-3H3,(H,16,17). The molecule has 0 spiro atoms. The van der Waals surface area contributed by atoms with E-state index in [-0.39, 0.29) is 11.0 Å². The van der Waals surface area contributed by atoms with Gasteiger partial charge in [0.2, 0.25) is 0 Å². The van der Waals surface area contributed by atoms with Crippen molar-refractivity contribution in [2.24, 2.45) is 0 Å². The highest BCUT2D eigenvalue weighted by Crippen LogP contribution is 2.27. The Balaban J connectivity index is 2.84. The third-order valence-corrected chi connectivity index (χ3v) is 2.42. The van der Waals surface area contributed by atoms with E-state index >= 15 is 0 Å². The molecule has 0 aromatic carbocycles. The number of carbonyl (C=O) groups is 1. The van der Waals surface area contributed by atoms with Gasteiger partial charge in [0.05, 0.1) is 23.8 Å². The average Bonchev–Trinajstić information content (AvgIpc) is 2.55. The van der Waals surface area contributed by atoms with Crippen molar-refractivity contribution >= 4 is 17.3 Å². The smallest absolute Gasteiger partial charge is 0.341 e. The number of carboxylic acids is 1. The lowest BCUT2D eigenvalue weighted by Gasteiger charge is -2.15. The molecular formula is C11H14N4O2. The van der Waals surface area contributed by atoms with Crippen molar-refractivity contribution in [3.63, 3.8) is 0 Å². The molecule has 0 amide bonds. The first kappa shape index (κ1) is 11.4. The van der Waals surface area contributed by atoms with E-state index < -0.39 is 5.97 Å². The van der Waals surface area contributed by atoms with E-state index in [0.717, 1.165) is 0 Å². The molecule has 0 saturated carbocycles. The molecule has 2 rings (SSSR count). The van der Waals surface area contributed by atoms with Crippen LogP contribution in [0, 0.1) is 0 Å². The van der Waals surface area contributed by atoms with Crippen molar-refractivity contribution < 1.29 is 9.90 Å². The van der Waals surface area contributed by atoms with Gasteiger partial charge in [-0.15, -0.1) is 0 Å². The fourth-order valence-corrected chi connectivity index (χ4v) is 1.67. The SMILES string of the molecule is CC(C)(C)c1nn2cc(N)cnc2c1C(=O)O. The van der Waals surface area contributed by atoms with Gasteiger partial charge in [-0.05, 0) is 0 Å². The summed E-state index contributed by atoms with van der Waals surface area (Å²) in [7, 11) is 0. The maximum Gasteiger partial charge on any atom is 0.341 e. The van der Waals surface area contributed by atoms with Crippen molar-refractivity contribution in [3.8, 4) is 0 Å². The van der Waals surface area contributed by atoms with E-state index in [1.807, 2.05) is 20.8 Å². The minimum atomic E-state index is -1.03. The van der Waals surface area contributed by atoms with Crippen LogP contribution in [-0.4, -0.2) is 25.7 Å². The van der Waals surface area contributed by atoms with Gasteiger partial charge in [-0.25, -0.2) is 14.3 Å². The number of aromatic nitrogens is 3. The van der Waals surface area contributed by atoms with Gasteiger partial charge in [-0.1, -0.05) is 20.8 Å². The van der Waals surface area contributed by atoms with Crippen LogP contribution in [0.2, 0.25) is 0 Å². The number of hydrogen-bond acceptors (Lipinski definition) is 4. The molecule has 0 aliphatic rings. The van der Waals surface area contributed by atoms with Crippen molar-refractivity contribution in [1.29, 1.82) is 0 Å². The lowest BCUT2D eigenvalue weighted by atomic mass is 9.89. The lowest BCUT2D eigenvalue weighted by Crippen LogP contribution is -2.16. The molecule has 2 heterocycles. The average molecular weight is 234 g/mol. The molecule has 0 atom stereocenters. The highest BCUT2D eigenvalue weighted by Gasteiger charge is 2.28. The number of carboxylic acid groups (broad SMARTS) is 1. The summed E-state index contributed by atoms with van der Waals surface area (Å²) in [6.45, 7) is 5.72. The van der Waals surface area contributed by atoms with E-state index in [1.165, 1.54) is 10.7 Å². The molecule has 2 aromatic rings. The van der Waals surface area contributed by atoms with Crippen LogP contribution in [0.15, 0.2) is 12.4 Å². The van der Waals surface area contributed by atoms with Crippen LogP contribution in [0.25, 0.3) is 5.65 Å². The van der Waals surface area contributed by atoms with Crippen molar-refractivity contribution in [2.75, 3.05) is 5.73 Å². The predicted molar refractivity (Wildman–Crippen MR) is 63.1 cm³/mol. The number of nitrogens with zero attached hydrogens (tertiary/aromatic N) is 3.